The molecule has 2 N–H and O–H groups in total. The van der Waals surface area contributed by atoms with Gasteiger partial charge < -0.3 is 20.1 Å². The lowest BCUT2D eigenvalue weighted by atomic mass is 9.92. The summed E-state index contributed by atoms with van der Waals surface area (Å²) in [5.41, 5.74) is 0.437. The van der Waals surface area contributed by atoms with E-state index in [1.807, 2.05) is 4.90 Å². The van der Waals surface area contributed by atoms with Gasteiger partial charge in [0.05, 0.1) is 12.7 Å². The molecule has 1 aliphatic carbocycles. The smallest absolute Gasteiger partial charge is 0.341 e. The number of hydrogen-bond acceptors (Lipinski definition) is 6. The van der Waals surface area contributed by atoms with Gasteiger partial charge in [0.15, 0.2) is 0 Å². The Hall–Kier alpha value is -1.18. The van der Waals surface area contributed by atoms with Crippen LogP contribution < -0.4 is 10.2 Å². The summed E-state index contributed by atoms with van der Waals surface area (Å²) in [4.78, 5) is 18.7. The number of anilines is 1. The standard InChI is InChI=1S/C19H28BrN3O3/c1-2-26-19(25)15-10-13(20)11-21-18(15)23-9-8-16(17(24)12-23)22-14-6-4-3-5-7-14/h10-11,14,16-17,22,24H,2-9,12H2,1H3/t16-,17-/m0/s1. The van der Waals surface area contributed by atoms with E-state index < -0.39 is 6.10 Å². The van der Waals surface area contributed by atoms with Gasteiger partial charge in [-0.25, -0.2) is 9.78 Å². The number of hydrogen-bond donors (Lipinski definition) is 2. The first-order chi connectivity index (χ1) is 12.6. The molecular formula is C19H28BrN3O3. The predicted molar refractivity (Wildman–Crippen MR) is 105 cm³/mol. The Morgan fingerprint density at radius 1 is 1.38 bits per heavy atom. The number of nitrogens with zero attached hydrogens (tertiary/aromatic N) is 2. The summed E-state index contributed by atoms with van der Waals surface area (Å²) in [5.74, 6) is 0.204. The van der Waals surface area contributed by atoms with Crippen LogP contribution >= 0.6 is 15.9 Å². The van der Waals surface area contributed by atoms with Crippen molar-refractivity contribution in [1.29, 1.82) is 0 Å². The molecular weight excluding hydrogens is 398 g/mol. The first-order valence-electron chi connectivity index (χ1n) is 9.60. The van der Waals surface area contributed by atoms with Gasteiger partial charge in [0, 0.05) is 35.8 Å². The highest BCUT2D eigenvalue weighted by Gasteiger charge is 2.32. The van der Waals surface area contributed by atoms with Gasteiger partial charge in [-0.15, -0.1) is 0 Å². The molecule has 2 atom stereocenters. The highest BCUT2D eigenvalue weighted by atomic mass is 79.9. The molecule has 2 aliphatic rings. The number of carbonyl (C=O) groups is 1. The molecule has 7 heteroatoms. The normalized spacial score (nSPS) is 24.5. The maximum Gasteiger partial charge on any atom is 0.341 e. The fourth-order valence-corrected chi connectivity index (χ4v) is 4.26. The third kappa shape index (κ3) is 4.75. The quantitative estimate of drug-likeness (QED) is 0.706. The lowest BCUT2D eigenvalue weighted by Crippen LogP contribution is -2.55. The molecule has 144 valence electrons. The molecule has 2 heterocycles. The number of aliphatic hydroxyl groups excluding tert-OH is 1. The molecule has 3 rings (SSSR count). The van der Waals surface area contributed by atoms with Gasteiger partial charge in [-0.3, -0.25) is 0 Å². The van der Waals surface area contributed by atoms with Gasteiger partial charge in [-0.2, -0.15) is 0 Å². The molecule has 0 spiro atoms. The number of rotatable bonds is 5. The second kappa shape index (κ2) is 9.15. The molecule has 0 radical (unpaired) electrons. The largest absolute Gasteiger partial charge is 0.462 e. The average molecular weight is 426 g/mol. The Bertz CT molecular complexity index is 622. The van der Waals surface area contributed by atoms with Gasteiger partial charge in [0.1, 0.15) is 11.4 Å². The number of carbonyl (C=O) groups excluding carboxylic acids is 1. The van der Waals surface area contributed by atoms with Crippen molar-refractivity contribution in [2.45, 2.75) is 63.6 Å². The van der Waals surface area contributed by atoms with Crippen LogP contribution in [0.1, 0.15) is 55.8 Å². The molecule has 0 amide bonds. The van der Waals surface area contributed by atoms with Crippen LogP contribution in [0.3, 0.4) is 0 Å². The predicted octanol–water partition coefficient (Wildman–Crippen LogP) is 2.88. The summed E-state index contributed by atoms with van der Waals surface area (Å²) in [6, 6.07) is 2.37. The number of piperidine rings is 1. The van der Waals surface area contributed by atoms with Crippen molar-refractivity contribution in [3.8, 4) is 0 Å². The van der Waals surface area contributed by atoms with E-state index in [4.69, 9.17) is 4.74 Å². The zero-order valence-electron chi connectivity index (χ0n) is 15.3. The third-order valence-electron chi connectivity index (χ3n) is 5.27. The monoisotopic (exact) mass is 425 g/mol. The molecule has 2 fully saturated rings. The third-order valence-corrected chi connectivity index (χ3v) is 5.70. The van der Waals surface area contributed by atoms with Crippen molar-refractivity contribution in [2.75, 3.05) is 24.6 Å². The van der Waals surface area contributed by atoms with E-state index in [2.05, 4.69) is 26.2 Å². The molecule has 6 nitrogen and oxygen atoms in total. The SMILES string of the molecule is CCOC(=O)c1cc(Br)cnc1N1CC[C@H](NC2CCCCC2)[C@@H](O)C1. The van der Waals surface area contributed by atoms with Crippen LogP contribution in [0.4, 0.5) is 5.82 Å². The lowest BCUT2D eigenvalue weighted by molar-refractivity contribution is 0.0525. The first kappa shape index (κ1) is 19.6. The Kier molecular flexibility index (Phi) is 6.89. The van der Waals surface area contributed by atoms with Crippen LogP contribution in [-0.2, 0) is 4.74 Å². The van der Waals surface area contributed by atoms with E-state index in [-0.39, 0.29) is 12.0 Å². The summed E-state index contributed by atoms with van der Waals surface area (Å²) in [5, 5.41) is 14.3. The van der Waals surface area contributed by atoms with Crippen LogP contribution in [0.5, 0.6) is 0 Å². The van der Waals surface area contributed by atoms with E-state index in [0.717, 1.165) is 17.4 Å². The van der Waals surface area contributed by atoms with Gasteiger partial charge >= 0.3 is 5.97 Å². The molecule has 1 saturated carbocycles. The number of aliphatic hydroxyl groups is 1. The molecule has 1 saturated heterocycles. The van der Waals surface area contributed by atoms with Crippen molar-refractivity contribution in [3.63, 3.8) is 0 Å². The Balaban J connectivity index is 1.67. The molecule has 26 heavy (non-hydrogen) atoms. The summed E-state index contributed by atoms with van der Waals surface area (Å²) in [6.07, 6.45) is 8.31. The van der Waals surface area contributed by atoms with Crippen LogP contribution in [0.15, 0.2) is 16.7 Å². The second-order valence-electron chi connectivity index (χ2n) is 7.16. The minimum absolute atomic E-state index is 0.107. The Morgan fingerprint density at radius 2 is 2.15 bits per heavy atom. The number of ether oxygens (including phenoxy) is 1. The summed E-state index contributed by atoms with van der Waals surface area (Å²) >= 11 is 3.37. The lowest BCUT2D eigenvalue weighted by Gasteiger charge is -2.39. The average Bonchev–Trinajstić information content (AvgIpc) is 2.64. The zero-order valence-corrected chi connectivity index (χ0v) is 16.9. The van der Waals surface area contributed by atoms with Crippen molar-refractivity contribution in [1.82, 2.24) is 10.3 Å². The minimum atomic E-state index is -0.480. The van der Waals surface area contributed by atoms with E-state index in [1.165, 1.54) is 32.1 Å². The molecule has 0 unspecified atom stereocenters. The first-order valence-corrected chi connectivity index (χ1v) is 10.4. The van der Waals surface area contributed by atoms with E-state index >= 15 is 0 Å². The summed E-state index contributed by atoms with van der Waals surface area (Å²) in [6.45, 7) is 3.32. The molecule has 0 aromatic carbocycles. The van der Waals surface area contributed by atoms with Crippen molar-refractivity contribution in [3.05, 3.63) is 22.3 Å². The molecule has 1 aliphatic heterocycles. The summed E-state index contributed by atoms with van der Waals surface area (Å²) in [7, 11) is 0. The number of halogens is 1. The summed E-state index contributed by atoms with van der Waals surface area (Å²) < 4.78 is 5.90. The van der Waals surface area contributed by atoms with Crippen LogP contribution in [0, 0.1) is 0 Å². The van der Waals surface area contributed by atoms with Gasteiger partial charge in [0.2, 0.25) is 0 Å². The van der Waals surface area contributed by atoms with Crippen LogP contribution in [0.2, 0.25) is 0 Å². The van der Waals surface area contributed by atoms with Crippen LogP contribution in [-0.4, -0.2) is 53.9 Å². The number of aromatic nitrogens is 1. The van der Waals surface area contributed by atoms with E-state index in [0.29, 0.717) is 30.6 Å². The fourth-order valence-electron chi connectivity index (χ4n) is 3.93. The Labute approximate surface area is 163 Å². The highest BCUT2D eigenvalue weighted by molar-refractivity contribution is 9.10. The Morgan fingerprint density at radius 3 is 2.85 bits per heavy atom. The minimum Gasteiger partial charge on any atom is -0.462 e. The van der Waals surface area contributed by atoms with Crippen molar-refractivity contribution < 1.29 is 14.6 Å². The highest BCUT2D eigenvalue weighted by Crippen LogP contribution is 2.27. The van der Waals surface area contributed by atoms with Crippen LogP contribution in [0.25, 0.3) is 0 Å². The maximum atomic E-state index is 12.3. The number of β-amino-alcohol motifs (C(OH)–C–C–N with tert-alkyl or cyclic N) is 1. The van der Waals surface area contributed by atoms with E-state index in [9.17, 15) is 9.90 Å². The molecule has 0 bridgehead atoms. The van der Waals surface area contributed by atoms with Gasteiger partial charge in [-0.05, 0) is 48.2 Å². The van der Waals surface area contributed by atoms with Gasteiger partial charge in [0.25, 0.3) is 0 Å². The van der Waals surface area contributed by atoms with Gasteiger partial charge in [-0.1, -0.05) is 19.3 Å². The van der Waals surface area contributed by atoms with Crippen molar-refractivity contribution in [2.24, 2.45) is 0 Å². The molecule has 1 aromatic heterocycles. The number of nitrogens with one attached hydrogen (secondary N) is 1. The number of esters is 1. The fraction of sp³-hybridized carbons (Fsp3) is 0.684. The second-order valence-corrected chi connectivity index (χ2v) is 8.07. The molecule has 1 aromatic rings. The topological polar surface area (TPSA) is 74.7 Å². The van der Waals surface area contributed by atoms with Crippen molar-refractivity contribution >= 4 is 27.7 Å². The number of pyridine rings is 1. The maximum absolute atomic E-state index is 12.3. The zero-order chi connectivity index (χ0) is 18.5. The van der Waals surface area contributed by atoms with E-state index in [1.54, 1.807) is 19.2 Å².